The molecular weight excluding hydrogens is 536 g/mol. The third-order valence-electron chi connectivity index (χ3n) is 7.05. The van der Waals surface area contributed by atoms with Gasteiger partial charge in [0.25, 0.3) is 0 Å². The van der Waals surface area contributed by atoms with Crippen LogP contribution >= 0.6 is 0 Å². The van der Waals surface area contributed by atoms with Crippen LogP contribution in [0.5, 0.6) is 0 Å². The molecule has 0 unspecified atom stereocenters. The summed E-state index contributed by atoms with van der Waals surface area (Å²) in [5.74, 6) is -0.573. The van der Waals surface area contributed by atoms with Crippen LogP contribution in [0.15, 0.2) is 47.4 Å². The smallest absolute Gasteiger partial charge is 0.352 e. The Hall–Kier alpha value is -2.64. The second kappa shape index (κ2) is 10.9. The molecule has 3 rings (SSSR count). The molecule has 4 N–H and O–H groups in total. The van der Waals surface area contributed by atoms with E-state index in [1.54, 1.807) is 12.1 Å². The molecule has 0 saturated heterocycles. The molecule has 13 heteroatoms. The number of sulfonamides is 1. The summed E-state index contributed by atoms with van der Waals surface area (Å²) < 4.78 is 102. The number of hydrogen-bond donors (Lipinski definition) is 3. The van der Waals surface area contributed by atoms with Crippen molar-refractivity contribution in [3.8, 4) is 0 Å². The monoisotopic (exact) mass is 565 g/mol. The highest BCUT2D eigenvalue weighted by molar-refractivity contribution is 7.89. The molecule has 2 aromatic carbocycles. The summed E-state index contributed by atoms with van der Waals surface area (Å²) in [6.07, 6.45) is -8.41. The van der Waals surface area contributed by atoms with Crippen molar-refractivity contribution in [2.75, 3.05) is 0 Å². The van der Waals surface area contributed by atoms with Crippen molar-refractivity contribution in [3.63, 3.8) is 0 Å². The van der Waals surface area contributed by atoms with Crippen molar-refractivity contribution in [1.82, 2.24) is 10.6 Å². The third kappa shape index (κ3) is 7.06. The van der Waals surface area contributed by atoms with Gasteiger partial charge in [0.2, 0.25) is 15.9 Å². The minimum absolute atomic E-state index is 0.0132. The summed E-state index contributed by atoms with van der Waals surface area (Å²) in [6, 6.07) is 7.22. The number of benzene rings is 2. The maximum atomic E-state index is 13.2. The molecule has 0 spiro atoms. The molecule has 210 valence electrons. The maximum absolute atomic E-state index is 13.2. The van der Waals surface area contributed by atoms with E-state index in [0.29, 0.717) is 37.9 Å². The molecule has 6 nitrogen and oxygen atoms in total. The molecule has 0 aliphatic heterocycles. The van der Waals surface area contributed by atoms with Crippen molar-refractivity contribution in [2.45, 2.75) is 69.5 Å². The van der Waals surface area contributed by atoms with Crippen LogP contribution in [0.4, 0.5) is 26.3 Å². The van der Waals surface area contributed by atoms with Crippen molar-refractivity contribution in [2.24, 2.45) is 16.5 Å². The molecule has 1 aliphatic carbocycles. The van der Waals surface area contributed by atoms with Gasteiger partial charge in [0.05, 0.1) is 21.4 Å². The first-order valence-corrected chi connectivity index (χ1v) is 13.4. The second-order valence-corrected chi connectivity index (χ2v) is 11.5. The number of halogens is 6. The quantitative estimate of drug-likeness (QED) is 0.394. The second-order valence-electron chi connectivity index (χ2n) is 9.92. The predicted molar refractivity (Wildman–Crippen MR) is 128 cm³/mol. The van der Waals surface area contributed by atoms with Crippen LogP contribution in [0.2, 0.25) is 0 Å². The van der Waals surface area contributed by atoms with E-state index in [0.717, 1.165) is 5.56 Å². The van der Waals surface area contributed by atoms with Crippen LogP contribution in [0.1, 0.15) is 55.4 Å². The number of primary sulfonamides is 1. The first kappa shape index (κ1) is 29.9. The van der Waals surface area contributed by atoms with E-state index in [2.05, 4.69) is 10.6 Å². The van der Waals surface area contributed by atoms with Crippen LogP contribution in [-0.4, -0.2) is 20.4 Å². The number of carbonyl (C=O) groups excluding carboxylic acids is 1. The van der Waals surface area contributed by atoms with Crippen molar-refractivity contribution < 1.29 is 39.6 Å². The standard InChI is InChI=1S/C25H29F6N3O3S/c1-15(2)23(8-7-20(12-23)33-13-16-3-5-21(6-4-16)38(32,36)37)22(35)34-14-17-9-18(24(26,27)28)11-19(10-17)25(29,30)31/h3-6,9-11,15,20,33H,7-8,12-14H2,1-2H3,(H,34,35)(H2,32,36,37)/t20-,23+/m1/s1. The van der Waals surface area contributed by atoms with E-state index in [4.69, 9.17) is 5.14 Å². The van der Waals surface area contributed by atoms with Crippen LogP contribution in [-0.2, 0) is 40.3 Å². The van der Waals surface area contributed by atoms with Crippen LogP contribution in [0.3, 0.4) is 0 Å². The molecule has 2 aromatic rings. The molecule has 1 amide bonds. The minimum atomic E-state index is -4.97. The summed E-state index contributed by atoms with van der Waals surface area (Å²) in [4.78, 5) is 13.2. The lowest BCUT2D eigenvalue weighted by Crippen LogP contribution is -2.43. The third-order valence-corrected chi connectivity index (χ3v) is 7.98. The fourth-order valence-electron chi connectivity index (χ4n) is 4.78. The highest BCUT2D eigenvalue weighted by Crippen LogP contribution is 2.45. The Morgan fingerprint density at radius 2 is 1.53 bits per heavy atom. The average molecular weight is 566 g/mol. The minimum Gasteiger partial charge on any atom is -0.352 e. The fourth-order valence-corrected chi connectivity index (χ4v) is 5.30. The molecule has 2 atom stereocenters. The Labute approximate surface area is 217 Å². The van der Waals surface area contributed by atoms with Crippen molar-refractivity contribution >= 4 is 15.9 Å². The van der Waals surface area contributed by atoms with Crippen LogP contribution in [0.25, 0.3) is 0 Å². The summed E-state index contributed by atoms with van der Waals surface area (Å²) in [5.41, 5.74) is -3.22. The number of rotatable bonds is 8. The van der Waals surface area contributed by atoms with Gasteiger partial charge < -0.3 is 10.6 Å². The highest BCUT2D eigenvalue weighted by atomic mass is 32.2. The lowest BCUT2D eigenvalue weighted by molar-refractivity contribution is -0.143. The van der Waals surface area contributed by atoms with Crippen LogP contribution in [0, 0.1) is 11.3 Å². The Kier molecular flexibility index (Phi) is 8.54. The highest BCUT2D eigenvalue weighted by Gasteiger charge is 2.47. The molecule has 1 fully saturated rings. The van der Waals surface area contributed by atoms with Gasteiger partial charge in [-0.1, -0.05) is 26.0 Å². The Morgan fingerprint density at radius 3 is 2.00 bits per heavy atom. The number of alkyl halides is 6. The Bertz CT molecular complexity index is 1230. The number of carbonyl (C=O) groups is 1. The zero-order valence-corrected chi connectivity index (χ0v) is 21.5. The van der Waals surface area contributed by atoms with Gasteiger partial charge in [-0.3, -0.25) is 4.79 Å². The molecule has 0 heterocycles. The normalized spacial score (nSPS) is 20.6. The summed E-state index contributed by atoms with van der Waals surface area (Å²) in [5, 5.41) is 11.0. The van der Waals surface area contributed by atoms with Crippen molar-refractivity contribution in [3.05, 3.63) is 64.7 Å². The summed E-state index contributed by atoms with van der Waals surface area (Å²) in [7, 11) is -3.81. The summed E-state index contributed by atoms with van der Waals surface area (Å²) in [6.45, 7) is 3.62. The Balaban J connectivity index is 1.68. The average Bonchev–Trinajstić information content (AvgIpc) is 3.25. The molecule has 0 aromatic heterocycles. The zero-order chi connectivity index (χ0) is 28.5. The van der Waals surface area contributed by atoms with Gasteiger partial charge in [-0.15, -0.1) is 0 Å². The molecule has 1 saturated carbocycles. The van der Waals surface area contributed by atoms with Gasteiger partial charge in [0.1, 0.15) is 0 Å². The largest absolute Gasteiger partial charge is 0.416 e. The van der Waals surface area contributed by atoms with E-state index in [9.17, 15) is 39.6 Å². The number of nitrogens with two attached hydrogens (primary N) is 1. The molecule has 0 radical (unpaired) electrons. The van der Waals surface area contributed by atoms with Gasteiger partial charge >= 0.3 is 12.4 Å². The van der Waals surface area contributed by atoms with E-state index in [-0.39, 0.29) is 28.5 Å². The number of hydrogen-bond acceptors (Lipinski definition) is 4. The first-order chi connectivity index (χ1) is 17.4. The molecule has 0 bridgehead atoms. The van der Waals surface area contributed by atoms with Crippen LogP contribution < -0.4 is 15.8 Å². The maximum Gasteiger partial charge on any atom is 0.416 e. The Morgan fingerprint density at radius 1 is 0.974 bits per heavy atom. The fraction of sp³-hybridized carbons (Fsp3) is 0.480. The molecule has 1 aliphatic rings. The summed E-state index contributed by atoms with van der Waals surface area (Å²) >= 11 is 0. The van der Waals surface area contributed by atoms with Crippen molar-refractivity contribution in [1.29, 1.82) is 0 Å². The molecular formula is C25H29F6N3O3S. The van der Waals surface area contributed by atoms with Gasteiger partial charge in [-0.2, -0.15) is 26.3 Å². The SMILES string of the molecule is CC(C)[C@]1(C(=O)NCc2cc(C(F)(F)F)cc(C(F)(F)F)c2)CC[C@@H](NCc2ccc(S(N)(=O)=O)cc2)C1. The van der Waals surface area contributed by atoms with Gasteiger partial charge in [-0.05, 0) is 66.6 Å². The first-order valence-electron chi connectivity index (χ1n) is 11.8. The zero-order valence-electron chi connectivity index (χ0n) is 20.7. The van der Waals surface area contributed by atoms with Gasteiger partial charge in [0.15, 0.2) is 0 Å². The predicted octanol–water partition coefficient (Wildman–Crippen LogP) is 4.97. The number of nitrogens with one attached hydrogen (secondary N) is 2. The van der Waals surface area contributed by atoms with Gasteiger partial charge in [0, 0.05) is 19.1 Å². The topological polar surface area (TPSA) is 101 Å². The van der Waals surface area contributed by atoms with Gasteiger partial charge in [-0.25, -0.2) is 13.6 Å². The van der Waals surface area contributed by atoms with E-state index >= 15 is 0 Å². The van der Waals surface area contributed by atoms with E-state index < -0.39 is 51.4 Å². The van der Waals surface area contributed by atoms with E-state index in [1.807, 2.05) is 13.8 Å². The molecule has 38 heavy (non-hydrogen) atoms. The number of amides is 1. The lowest BCUT2D eigenvalue weighted by atomic mass is 9.74. The van der Waals surface area contributed by atoms with E-state index in [1.165, 1.54) is 12.1 Å². The lowest BCUT2D eigenvalue weighted by Gasteiger charge is -2.32.